The van der Waals surface area contributed by atoms with Gasteiger partial charge in [0.2, 0.25) is 5.91 Å². The zero-order chi connectivity index (χ0) is 20.6. The van der Waals surface area contributed by atoms with Gasteiger partial charge < -0.3 is 20.3 Å². The van der Waals surface area contributed by atoms with Crippen LogP contribution in [0.3, 0.4) is 0 Å². The molecule has 2 atom stereocenters. The molecule has 0 bridgehead atoms. The highest BCUT2D eigenvalue weighted by atomic mass is 19.1. The summed E-state index contributed by atoms with van der Waals surface area (Å²) >= 11 is 0. The standard InChI is InChI=1S/C22H33FN4O2/c1-24-22(25-14-20(29-2)16-8-10-18(23)11-9-16)26-19-12-13-27(15-19)21(28)17-6-4-3-5-7-17/h8-11,17,19-20H,3-7,12-15H2,1-2H3,(H2,24,25,26). The zero-order valence-electron chi connectivity index (χ0n) is 17.5. The van der Waals surface area contributed by atoms with E-state index in [-0.39, 0.29) is 23.9 Å². The van der Waals surface area contributed by atoms with E-state index in [1.165, 1.54) is 31.4 Å². The summed E-state index contributed by atoms with van der Waals surface area (Å²) in [6.45, 7) is 2.04. The molecule has 29 heavy (non-hydrogen) atoms. The number of aliphatic imine (C=N–C) groups is 1. The maximum atomic E-state index is 13.1. The predicted molar refractivity (Wildman–Crippen MR) is 112 cm³/mol. The third-order valence-corrected chi connectivity index (χ3v) is 6.00. The number of hydrogen-bond acceptors (Lipinski definition) is 3. The molecule has 6 nitrogen and oxygen atoms in total. The molecule has 1 amide bonds. The van der Waals surface area contributed by atoms with Crippen molar-refractivity contribution in [2.75, 3.05) is 33.8 Å². The van der Waals surface area contributed by atoms with Crippen LogP contribution in [0.2, 0.25) is 0 Å². The number of benzene rings is 1. The molecule has 3 rings (SSSR count). The van der Waals surface area contributed by atoms with Gasteiger partial charge >= 0.3 is 0 Å². The molecule has 1 heterocycles. The van der Waals surface area contributed by atoms with E-state index in [2.05, 4.69) is 15.6 Å². The number of carbonyl (C=O) groups excluding carboxylic acids is 1. The number of guanidine groups is 1. The van der Waals surface area contributed by atoms with E-state index in [4.69, 9.17) is 4.74 Å². The lowest BCUT2D eigenvalue weighted by atomic mass is 9.88. The van der Waals surface area contributed by atoms with Gasteiger partial charge in [0.15, 0.2) is 5.96 Å². The van der Waals surface area contributed by atoms with Crippen molar-refractivity contribution >= 4 is 11.9 Å². The third kappa shape index (κ3) is 5.92. The predicted octanol–water partition coefficient (Wildman–Crippen LogP) is 2.86. The Morgan fingerprint density at radius 1 is 1.24 bits per heavy atom. The van der Waals surface area contributed by atoms with Gasteiger partial charge in [-0.2, -0.15) is 0 Å². The van der Waals surface area contributed by atoms with Gasteiger partial charge in [0.25, 0.3) is 0 Å². The van der Waals surface area contributed by atoms with Crippen molar-refractivity contribution in [2.45, 2.75) is 50.7 Å². The number of ether oxygens (including phenoxy) is 1. The van der Waals surface area contributed by atoms with Crippen LogP contribution in [0.15, 0.2) is 29.3 Å². The summed E-state index contributed by atoms with van der Waals surface area (Å²) in [6, 6.07) is 6.52. The van der Waals surface area contributed by atoms with Gasteiger partial charge in [-0.15, -0.1) is 0 Å². The maximum absolute atomic E-state index is 13.1. The molecule has 2 fully saturated rings. The Morgan fingerprint density at radius 2 is 1.97 bits per heavy atom. The van der Waals surface area contributed by atoms with E-state index in [0.29, 0.717) is 18.4 Å². The first-order chi connectivity index (χ1) is 14.1. The summed E-state index contributed by atoms with van der Waals surface area (Å²) < 4.78 is 18.7. The fraction of sp³-hybridized carbons (Fsp3) is 0.636. The van der Waals surface area contributed by atoms with Crippen molar-refractivity contribution in [2.24, 2.45) is 10.9 Å². The molecule has 1 aromatic carbocycles. The number of nitrogens with one attached hydrogen (secondary N) is 2. The number of nitrogens with zero attached hydrogens (tertiary/aromatic N) is 2. The Labute approximate surface area is 172 Å². The highest BCUT2D eigenvalue weighted by Crippen LogP contribution is 2.26. The van der Waals surface area contributed by atoms with Crippen LogP contribution in [0.1, 0.15) is 50.2 Å². The zero-order valence-corrected chi connectivity index (χ0v) is 17.5. The van der Waals surface area contributed by atoms with Gasteiger partial charge in [-0.1, -0.05) is 31.4 Å². The summed E-state index contributed by atoms with van der Waals surface area (Å²) in [5, 5.41) is 6.71. The van der Waals surface area contributed by atoms with Crippen molar-refractivity contribution in [3.63, 3.8) is 0 Å². The first-order valence-corrected chi connectivity index (χ1v) is 10.6. The molecule has 2 N–H and O–H groups in total. The van der Waals surface area contributed by atoms with E-state index >= 15 is 0 Å². The number of rotatable bonds is 6. The second kappa shape index (κ2) is 10.6. The first-order valence-electron chi connectivity index (χ1n) is 10.6. The van der Waals surface area contributed by atoms with Crippen molar-refractivity contribution in [3.05, 3.63) is 35.6 Å². The minimum atomic E-state index is -0.261. The molecule has 0 spiro atoms. The molecule has 1 aliphatic carbocycles. The van der Waals surface area contributed by atoms with Crippen LogP contribution in [-0.4, -0.2) is 56.6 Å². The van der Waals surface area contributed by atoms with E-state index < -0.39 is 0 Å². The summed E-state index contributed by atoms with van der Waals surface area (Å²) in [6.07, 6.45) is 6.41. The lowest BCUT2D eigenvalue weighted by molar-refractivity contribution is -0.135. The third-order valence-electron chi connectivity index (χ3n) is 6.00. The van der Waals surface area contributed by atoms with E-state index in [1.54, 1.807) is 26.3 Å². The monoisotopic (exact) mass is 404 g/mol. The Balaban J connectivity index is 1.47. The molecule has 1 saturated carbocycles. The molecule has 2 aliphatic rings. The van der Waals surface area contributed by atoms with Crippen molar-refractivity contribution in [1.29, 1.82) is 0 Å². The number of halogens is 1. The van der Waals surface area contributed by atoms with Crippen molar-refractivity contribution < 1.29 is 13.9 Å². The summed E-state index contributed by atoms with van der Waals surface area (Å²) in [4.78, 5) is 19.1. The van der Waals surface area contributed by atoms with Gasteiger partial charge in [-0.3, -0.25) is 9.79 Å². The van der Waals surface area contributed by atoms with Crippen LogP contribution in [0, 0.1) is 11.7 Å². The fourth-order valence-electron chi connectivity index (χ4n) is 4.28. The molecule has 0 aromatic heterocycles. The van der Waals surface area contributed by atoms with Gasteiger partial charge in [0.1, 0.15) is 5.82 Å². The number of hydrogen-bond donors (Lipinski definition) is 2. The minimum absolute atomic E-state index is 0.195. The van der Waals surface area contributed by atoms with Crippen LogP contribution in [-0.2, 0) is 9.53 Å². The van der Waals surface area contributed by atoms with Crippen LogP contribution < -0.4 is 10.6 Å². The molecule has 160 valence electrons. The molecule has 2 unspecified atom stereocenters. The second-order valence-corrected chi connectivity index (χ2v) is 7.98. The molecule has 1 saturated heterocycles. The topological polar surface area (TPSA) is 66.0 Å². The van der Waals surface area contributed by atoms with Gasteiger partial charge in [0, 0.05) is 45.8 Å². The van der Waals surface area contributed by atoms with Crippen LogP contribution in [0.25, 0.3) is 0 Å². The second-order valence-electron chi connectivity index (χ2n) is 7.98. The Bertz CT molecular complexity index is 689. The van der Waals surface area contributed by atoms with Crippen LogP contribution in [0.5, 0.6) is 0 Å². The largest absolute Gasteiger partial charge is 0.375 e. The smallest absolute Gasteiger partial charge is 0.225 e. The summed E-state index contributed by atoms with van der Waals surface area (Å²) in [5.74, 6) is 0.972. The lowest BCUT2D eigenvalue weighted by Gasteiger charge is -2.26. The number of likely N-dealkylation sites (tertiary alicyclic amines) is 1. The average Bonchev–Trinajstić information content (AvgIpc) is 3.23. The molecule has 1 aliphatic heterocycles. The Morgan fingerprint density at radius 3 is 2.62 bits per heavy atom. The Hall–Kier alpha value is -2.15. The molecule has 7 heteroatoms. The van der Waals surface area contributed by atoms with E-state index in [9.17, 15) is 9.18 Å². The molecular formula is C22H33FN4O2. The summed E-state index contributed by atoms with van der Waals surface area (Å²) in [5.41, 5.74) is 0.905. The van der Waals surface area contributed by atoms with Gasteiger partial charge in [-0.25, -0.2) is 4.39 Å². The van der Waals surface area contributed by atoms with Crippen LogP contribution in [0.4, 0.5) is 4.39 Å². The van der Waals surface area contributed by atoms with Gasteiger partial charge in [0.05, 0.1) is 6.10 Å². The lowest BCUT2D eigenvalue weighted by Crippen LogP contribution is -2.46. The fourth-order valence-corrected chi connectivity index (χ4v) is 4.28. The molecule has 1 aromatic rings. The first kappa shape index (κ1) is 21.6. The quantitative estimate of drug-likeness (QED) is 0.565. The van der Waals surface area contributed by atoms with Crippen LogP contribution >= 0.6 is 0 Å². The SMILES string of the molecule is CN=C(NCC(OC)c1ccc(F)cc1)NC1CCN(C(=O)C2CCCCC2)C1. The van der Waals surface area contributed by atoms with Gasteiger partial charge in [-0.05, 0) is 37.0 Å². The van der Waals surface area contributed by atoms with E-state index in [0.717, 1.165) is 37.9 Å². The highest BCUT2D eigenvalue weighted by Gasteiger charge is 2.31. The van der Waals surface area contributed by atoms with Crippen molar-refractivity contribution in [3.8, 4) is 0 Å². The maximum Gasteiger partial charge on any atom is 0.225 e. The molecular weight excluding hydrogens is 371 g/mol. The van der Waals surface area contributed by atoms with Crippen molar-refractivity contribution in [1.82, 2.24) is 15.5 Å². The minimum Gasteiger partial charge on any atom is -0.375 e. The number of methoxy groups -OCH3 is 1. The normalized spacial score (nSPS) is 21.8. The number of amides is 1. The summed E-state index contributed by atoms with van der Waals surface area (Å²) in [7, 11) is 3.37. The molecule has 0 radical (unpaired) electrons. The number of carbonyl (C=O) groups is 1. The van der Waals surface area contributed by atoms with E-state index in [1.807, 2.05) is 4.90 Å². The Kier molecular flexibility index (Phi) is 7.86. The average molecular weight is 405 g/mol. The highest BCUT2D eigenvalue weighted by molar-refractivity contribution is 5.81.